The lowest BCUT2D eigenvalue weighted by Crippen LogP contribution is -2.71. The van der Waals surface area contributed by atoms with E-state index in [9.17, 15) is 24.3 Å². The number of hydrogen-bond donors (Lipinski definition) is 2. The molecule has 2 aromatic rings. The molecule has 4 rings (SSSR count). The number of pyridine rings is 1. The average Bonchev–Trinajstić information content (AvgIpc) is 3.24. The van der Waals surface area contributed by atoms with Gasteiger partial charge in [0.25, 0.3) is 11.8 Å². The first-order valence-corrected chi connectivity index (χ1v) is 11.3. The molecule has 0 spiro atoms. The van der Waals surface area contributed by atoms with E-state index in [0.29, 0.717) is 11.3 Å². The lowest BCUT2D eigenvalue weighted by molar-refractivity contribution is -0.689. The van der Waals surface area contributed by atoms with Gasteiger partial charge in [0.15, 0.2) is 18.9 Å². The molecule has 160 valence electrons. The number of carboxylic acid groups (broad SMARTS) is 1. The highest BCUT2D eigenvalue weighted by molar-refractivity contribution is 8.00. The zero-order valence-corrected chi connectivity index (χ0v) is 17.8. The van der Waals surface area contributed by atoms with E-state index in [4.69, 9.17) is 5.73 Å². The van der Waals surface area contributed by atoms with Crippen molar-refractivity contribution in [2.45, 2.75) is 24.4 Å². The second-order valence-electron chi connectivity index (χ2n) is 7.08. The lowest BCUT2D eigenvalue weighted by Gasteiger charge is -2.50. The van der Waals surface area contributed by atoms with Crippen LogP contribution in [0.3, 0.4) is 0 Å². The van der Waals surface area contributed by atoms with Crippen LogP contribution in [-0.4, -0.2) is 45.8 Å². The topological polar surface area (TPSA) is 137 Å². The average molecular weight is 459 g/mol. The number of aromatic nitrogens is 1. The number of carboxylic acids is 1. The Bertz CT molecular complexity index is 1100. The summed E-state index contributed by atoms with van der Waals surface area (Å²) in [5.41, 5.74) is 5.87. The molecule has 11 heteroatoms. The van der Waals surface area contributed by atoms with Gasteiger partial charge in [-0.15, -0.1) is 23.1 Å². The van der Waals surface area contributed by atoms with Crippen LogP contribution in [0.15, 0.2) is 53.3 Å². The molecular formula is C20H18N4O5S2. The Morgan fingerprint density at radius 2 is 2.10 bits per heavy atom. The number of carbonyl (C=O) groups is 4. The van der Waals surface area contributed by atoms with Crippen LogP contribution < -0.4 is 20.7 Å². The smallest absolute Gasteiger partial charge is 0.254 e. The summed E-state index contributed by atoms with van der Waals surface area (Å²) in [7, 11) is 0. The van der Waals surface area contributed by atoms with Crippen LogP contribution in [0.5, 0.6) is 0 Å². The second kappa shape index (κ2) is 8.52. The lowest BCUT2D eigenvalue weighted by atomic mass is 10.0. The summed E-state index contributed by atoms with van der Waals surface area (Å²) >= 11 is 2.82. The van der Waals surface area contributed by atoms with Crippen LogP contribution in [0.25, 0.3) is 0 Å². The summed E-state index contributed by atoms with van der Waals surface area (Å²) in [5, 5.41) is 15.9. The van der Waals surface area contributed by atoms with Crippen molar-refractivity contribution in [2.75, 3.05) is 5.75 Å². The van der Waals surface area contributed by atoms with Gasteiger partial charge in [0, 0.05) is 22.3 Å². The third-order valence-electron chi connectivity index (χ3n) is 4.99. The van der Waals surface area contributed by atoms with Crippen molar-refractivity contribution in [2.24, 2.45) is 5.73 Å². The predicted octanol–water partition coefficient (Wildman–Crippen LogP) is -1.22. The van der Waals surface area contributed by atoms with Crippen molar-refractivity contribution in [3.63, 3.8) is 0 Å². The maximum atomic E-state index is 12.7. The van der Waals surface area contributed by atoms with Crippen LogP contribution in [0.4, 0.5) is 0 Å². The highest BCUT2D eigenvalue weighted by atomic mass is 32.2. The summed E-state index contributed by atoms with van der Waals surface area (Å²) in [5.74, 6) is -2.48. The number of primary amides is 1. The molecule has 0 aliphatic carbocycles. The molecule has 0 bridgehead atoms. The molecule has 1 saturated heterocycles. The summed E-state index contributed by atoms with van der Waals surface area (Å²) in [6.07, 6.45) is 3.36. The highest BCUT2D eigenvalue weighted by Gasteiger charge is 2.53. The number of thiophene rings is 1. The Morgan fingerprint density at radius 1 is 1.29 bits per heavy atom. The molecule has 31 heavy (non-hydrogen) atoms. The second-order valence-corrected chi connectivity index (χ2v) is 9.22. The van der Waals surface area contributed by atoms with E-state index in [1.165, 1.54) is 34.2 Å². The number of aliphatic carboxylic acids is 1. The Labute approximate surface area is 185 Å². The number of nitrogens with zero attached hydrogens (tertiary/aromatic N) is 2. The number of β-lactam (4-membered cyclic amide) rings is 1. The Balaban J connectivity index is 1.51. The molecule has 0 saturated carbocycles. The molecule has 3 amide bonds. The van der Waals surface area contributed by atoms with Crippen LogP contribution in [0.2, 0.25) is 0 Å². The molecule has 2 aromatic heterocycles. The fourth-order valence-corrected chi connectivity index (χ4v) is 5.61. The molecule has 2 atom stereocenters. The fraction of sp³-hybridized carbons (Fsp3) is 0.250. The minimum Gasteiger partial charge on any atom is -0.543 e. The van der Waals surface area contributed by atoms with Crippen LogP contribution in [0, 0.1) is 0 Å². The fourth-order valence-electron chi connectivity index (χ4n) is 3.58. The quantitative estimate of drug-likeness (QED) is 0.394. The minimum absolute atomic E-state index is 0.156. The molecule has 9 nitrogen and oxygen atoms in total. The van der Waals surface area contributed by atoms with Gasteiger partial charge in [0.05, 0.1) is 18.1 Å². The van der Waals surface area contributed by atoms with E-state index in [1.807, 2.05) is 17.5 Å². The van der Waals surface area contributed by atoms with Crippen molar-refractivity contribution in [1.82, 2.24) is 10.2 Å². The van der Waals surface area contributed by atoms with Crippen LogP contribution >= 0.6 is 23.1 Å². The number of hydrogen-bond acceptors (Lipinski definition) is 7. The number of rotatable bonds is 7. The third kappa shape index (κ3) is 4.19. The Hall–Kier alpha value is -3.18. The summed E-state index contributed by atoms with van der Waals surface area (Å²) in [6, 6.07) is 6.09. The first-order valence-electron chi connectivity index (χ1n) is 9.34. The zero-order chi connectivity index (χ0) is 22.1. The number of fused-ring (bicyclic) bond motifs is 1. The number of nitrogens with two attached hydrogens (primary N) is 1. The largest absolute Gasteiger partial charge is 0.543 e. The van der Waals surface area contributed by atoms with Crippen molar-refractivity contribution >= 4 is 46.8 Å². The molecule has 1 fully saturated rings. The maximum Gasteiger partial charge on any atom is 0.254 e. The SMILES string of the molecule is NC(=O)c1ccc[n+](CC2=C(C(=O)[O-])N3C(=O)[C@@H](NC(=O)Cc4cccs4)[C@H]3SC2)c1. The van der Waals surface area contributed by atoms with Crippen molar-refractivity contribution < 1.29 is 28.9 Å². The van der Waals surface area contributed by atoms with E-state index in [0.717, 1.165) is 4.88 Å². The van der Waals surface area contributed by atoms with Gasteiger partial charge in [0.1, 0.15) is 17.0 Å². The molecule has 0 radical (unpaired) electrons. The Kier molecular flexibility index (Phi) is 5.79. The van der Waals surface area contributed by atoms with Gasteiger partial charge in [-0.25, -0.2) is 4.57 Å². The number of carbonyl (C=O) groups excluding carboxylic acids is 4. The summed E-state index contributed by atoms with van der Waals surface area (Å²) in [4.78, 5) is 50.3. The minimum atomic E-state index is -1.45. The molecule has 2 aliphatic heterocycles. The summed E-state index contributed by atoms with van der Waals surface area (Å²) < 4.78 is 1.63. The Morgan fingerprint density at radius 3 is 2.77 bits per heavy atom. The van der Waals surface area contributed by atoms with E-state index in [1.54, 1.807) is 22.9 Å². The van der Waals surface area contributed by atoms with Gasteiger partial charge >= 0.3 is 0 Å². The number of thioether (sulfide) groups is 1. The van der Waals surface area contributed by atoms with E-state index in [2.05, 4.69) is 5.32 Å². The summed E-state index contributed by atoms with van der Waals surface area (Å²) in [6.45, 7) is 0.156. The zero-order valence-electron chi connectivity index (χ0n) is 16.1. The van der Waals surface area contributed by atoms with Gasteiger partial charge in [-0.3, -0.25) is 19.3 Å². The molecule has 0 unspecified atom stereocenters. The van der Waals surface area contributed by atoms with Gasteiger partial charge < -0.3 is 21.0 Å². The number of nitrogens with one attached hydrogen (secondary N) is 1. The monoisotopic (exact) mass is 458 g/mol. The highest BCUT2D eigenvalue weighted by Crippen LogP contribution is 2.40. The van der Waals surface area contributed by atoms with Gasteiger partial charge in [0.2, 0.25) is 5.91 Å². The van der Waals surface area contributed by atoms with Gasteiger partial charge in [-0.1, -0.05) is 6.07 Å². The van der Waals surface area contributed by atoms with Crippen molar-refractivity contribution in [1.29, 1.82) is 0 Å². The molecule has 2 aliphatic rings. The first-order chi connectivity index (χ1) is 14.8. The van der Waals surface area contributed by atoms with Gasteiger partial charge in [-0.05, 0) is 17.5 Å². The first kappa shape index (κ1) is 21.1. The molecule has 0 aromatic carbocycles. The van der Waals surface area contributed by atoms with E-state index in [-0.39, 0.29) is 30.1 Å². The standard InChI is InChI=1S/C20H18N4O5S2/c21-17(26)11-3-1-5-23(8-11)9-12-10-31-19-15(18(27)24(19)16(12)20(28)29)22-14(25)7-13-4-2-6-30-13/h1-6,8,15,19H,7,9-10H2,(H3-,21,22,25,26,28,29)/t15-,19-/m1/s1. The molecule has 3 N–H and O–H groups in total. The van der Waals surface area contributed by atoms with Crippen molar-refractivity contribution in [3.05, 3.63) is 63.7 Å². The number of amides is 3. The van der Waals surface area contributed by atoms with Gasteiger partial charge in [-0.2, -0.15) is 0 Å². The third-order valence-corrected chi connectivity index (χ3v) is 7.20. The van der Waals surface area contributed by atoms with Crippen LogP contribution in [0.1, 0.15) is 15.2 Å². The maximum absolute atomic E-state index is 12.7. The molecular weight excluding hydrogens is 440 g/mol. The van der Waals surface area contributed by atoms with E-state index < -0.39 is 29.2 Å². The molecule has 4 heterocycles. The van der Waals surface area contributed by atoms with E-state index >= 15 is 0 Å². The predicted molar refractivity (Wildman–Crippen MR) is 110 cm³/mol. The van der Waals surface area contributed by atoms with Crippen molar-refractivity contribution in [3.8, 4) is 0 Å². The van der Waals surface area contributed by atoms with Crippen LogP contribution in [-0.2, 0) is 27.3 Å². The normalized spacial score (nSPS) is 20.1.